The summed E-state index contributed by atoms with van der Waals surface area (Å²) in [5, 5.41) is 26.2. The minimum Gasteiger partial charge on any atom is -0.481 e. The summed E-state index contributed by atoms with van der Waals surface area (Å²) in [7, 11) is 0. The predicted molar refractivity (Wildman–Crippen MR) is 147 cm³/mol. The maximum absolute atomic E-state index is 13.2. The van der Waals surface area contributed by atoms with Crippen LogP contribution < -0.4 is 33.2 Å². The fourth-order valence-corrected chi connectivity index (χ4v) is 4.15. The number of aromatic nitrogens is 1. The molecule has 0 aliphatic rings. The second kappa shape index (κ2) is 15.9. The first-order valence-corrected chi connectivity index (χ1v) is 13.1. The maximum atomic E-state index is 13.2. The number of aliphatic carboxylic acids is 2. The van der Waals surface area contributed by atoms with Crippen molar-refractivity contribution in [3.63, 3.8) is 0 Å². The standard InChI is InChI=1S/C26H37N7O8/c27-10-4-3-7-18(24(38)33-20(26(40)41)12-22(35)36)32-25(39)19(8-9-21(29)34)31-23(37)16(28)11-14-13-30-17-6-2-1-5-15(14)17/h1-2,5-6,13,16,18-20,30H,3-4,7-12,27-28H2,(H2,29,34)(H,31,37)(H,32,39)(H,33,38)(H,35,36)(H,40,41). The van der Waals surface area contributed by atoms with Crippen LogP contribution >= 0.6 is 0 Å². The van der Waals surface area contributed by atoms with E-state index in [0.717, 1.165) is 16.5 Å². The normalized spacial score (nSPS) is 13.9. The summed E-state index contributed by atoms with van der Waals surface area (Å²) in [5.74, 6) is -6.19. The molecule has 12 N–H and O–H groups in total. The van der Waals surface area contributed by atoms with Crippen LogP contribution in [-0.4, -0.2) is 81.5 Å². The van der Waals surface area contributed by atoms with Crippen LogP contribution in [-0.2, 0) is 35.2 Å². The van der Waals surface area contributed by atoms with Crippen molar-refractivity contribution < 1.29 is 39.0 Å². The van der Waals surface area contributed by atoms with E-state index in [4.69, 9.17) is 22.3 Å². The van der Waals surface area contributed by atoms with E-state index >= 15 is 0 Å². The van der Waals surface area contributed by atoms with Gasteiger partial charge in [-0.3, -0.25) is 24.0 Å². The van der Waals surface area contributed by atoms with Crippen LogP contribution in [0.1, 0.15) is 44.1 Å². The van der Waals surface area contributed by atoms with Gasteiger partial charge in [0.05, 0.1) is 12.5 Å². The Morgan fingerprint density at radius 1 is 0.854 bits per heavy atom. The maximum Gasteiger partial charge on any atom is 0.326 e. The zero-order chi connectivity index (χ0) is 30.5. The Morgan fingerprint density at radius 3 is 2.07 bits per heavy atom. The van der Waals surface area contributed by atoms with Gasteiger partial charge < -0.3 is 48.3 Å². The van der Waals surface area contributed by atoms with Crippen LogP contribution in [0.25, 0.3) is 10.9 Å². The lowest BCUT2D eigenvalue weighted by Gasteiger charge is -2.25. The van der Waals surface area contributed by atoms with E-state index in [-0.39, 0.29) is 25.7 Å². The number of nitrogens with one attached hydrogen (secondary N) is 4. The van der Waals surface area contributed by atoms with Crippen LogP contribution in [0, 0.1) is 0 Å². The van der Waals surface area contributed by atoms with Crippen LogP contribution in [0.2, 0.25) is 0 Å². The third-order valence-corrected chi connectivity index (χ3v) is 6.34. The number of carbonyl (C=O) groups is 6. The van der Waals surface area contributed by atoms with Gasteiger partial charge in [0, 0.05) is 23.5 Å². The summed E-state index contributed by atoms with van der Waals surface area (Å²) in [5.41, 5.74) is 18.5. The molecule has 0 aliphatic carbocycles. The number of carbonyl (C=O) groups excluding carboxylic acids is 4. The molecule has 15 nitrogen and oxygen atoms in total. The molecule has 1 aromatic heterocycles. The molecule has 2 aromatic rings. The largest absolute Gasteiger partial charge is 0.481 e. The van der Waals surface area contributed by atoms with Gasteiger partial charge in [-0.2, -0.15) is 0 Å². The Bertz CT molecular complexity index is 1250. The molecular formula is C26H37N7O8. The summed E-state index contributed by atoms with van der Waals surface area (Å²) in [6.45, 7) is 0.296. The fourth-order valence-electron chi connectivity index (χ4n) is 4.15. The van der Waals surface area contributed by atoms with Gasteiger partial charge in [-0.1, -0.05) is 18.2 Å². The molecule has 4 unspecified atom stereocenters. The van der Waals surface area contributed by atoms with Crippen molar-refractivity contribution in [3.8, 4) is 0 Å². The molecule has 0 spiro atoms. The summed E-state index contributed by atoms with van der Waals surface area (Å²) in [4.78, 5) is 76.0. The molecule has 1 aromatic carbocycles. The third-order valence-electron chi connectivity index (χ3n) is 6.34. The van der Waals surface area contributed by atoms with Crippen molar-refractivity contribution in [2.24, 2.45) is 17.2 Å². The molecule has 0 radical (unpaired) electrons. The van der Waals surface area contributed by atoms with Gasteiger partial charge in [-0.25, -0.2) is 4.79 Å². The van der Waals surface area contributed by atoms with Gasteiger partial charge >= 0.3 is 11.9 Å². The van der Waals surface area contributed by atoms with Crippen molar-refractivity contribution in [2.45, 2.75) is 69.1 Å². The Kier molecular flexibility index (Phi) is 12.7. The molecule has 0 aliphatic heterocycles. The number of benzene rings is 1. The number of carboxylic acid groups (broad SMARTS) is 2. The van der Waals surface area contributed by atoms with Crippen LogP contribution in [0.15, 0.2) is 30.5 Å². The lowest BCUT2D eigenvalue weighted by Crippen LogP contribution is -2.57. The van der Waals surface area contributed by atoms with Crippen molar-refractivity contribution in [2.75, 3.05) is 6.54 Å². The summed E-state index contributed by atoms with van der Waals surface area (Å²) in [6.07, 6.45) is 1.45. The highest BCUT2D eigenvalue weighted by Crippen LogP contribution is 2.19. The molecule has 4 atom stereocenters. The molecule has 15 heteroatoms. The van der Waals surface area contributed by atoms with Gasteiger partial charge in [0.15, 0.2) is 0 Å². The molecule has 0 fully saturated rings. The van der Waals surface area contributed by atoms with Gasteiger partial charge in [-0.05, 0) is 50.3 Å². The molecule has 0 saturated heterocycles. The number of H-pyrrole nitrogens is 1. The van der Waals surface area contributed by atoms with Gasteiger partial charge in [0.1, 0.15) is 18.1 Å². The number of carboxylic acids is 2. The monoisotopic (exact) mass is 575 g/mol. The van der Waals surface area contributed by atoms with Crippen molar-refractivity contribution >= 4 is 46.5 Å². The highest BCUT2D eigenvalue weighted by atomic mass is 16.4. The fraction of sp³-hybridized carbons (Fsp3) is 0.462. The average molecular weight is 576 g/mol. The number of hydrogen-bond donors (Lipinski definition) is 9. The predicted octanol–water partition coefficient (Wildman–Crippen LogP) is -1.55. The molecule has 0 saturated carbocycles. The number of fused-ring (bicyclic) bond motifs is 1. The minimum atomic E-state index is -1.73. The highest BCUT2D eigenvalue weighted by molar-refractivity contribution is 5.95. The number of nitrogens with two attached hydrogens (primary N) is 3. The third kappa shape index (κ3) is 10.5. The molecule has 0 bridgehead atoms. The lowest BCUT2D eigenvalue weighted by atomic mass is 10.0. The quantitative estimate of drug-likeness (QED) is 0.0922. The van der Waals surface area contributed by atoms with E-state index in [2.05, 4.69) is 20.9 Å². The summed E-state index contributed by atoms with van der Waals surface area (Å²) >= 11 is 0. The van der Waals surface area contributed by atoms with Gasteiger partial charge in [0.25, 0.3) is 0 Å². The number of hydrogen-bond acceptors (Lipinski definition) is 8. The Balaban J connectivity index is 2.16. The number of aromatic amines is 1. The molecule has 2 rings (SSSR count). The highest BCUT2D eigenvalue weighted by Gasteiger charge is 2.31. The number of amides is 4. The van der Waals surface area contributed by atoms with Crippen LogP contribution in [0.4, 0.5) is 0 Å². The van der Waals surface area contributed by atoms with Gasteiger partial charge in [0.2, 0.25) is 23.6 Å². The first-order chi connectivity index (χ1) is 19.4. The summed E-state index contributed by atoms with van der Waals surface area (Å²) < 4.78 is 0. The first kappa shape index (κ1) is 32.7. The van der Waals surface area contributed by atoms with E-state index < -0.39 is 66.2 Å². The Hall–Kier alpha value is -4.50. The van der Waals surface area contributed by atoms with E-state index in [1.54, 1.807) is 6.20 Å². The topological polar surface area (TPSA) is 273 Å². The van der Waals surface area contributed by atoms with Crippen molar-refractivity contribution in [1.29, 1.82) is 0 Å². The van der Waals surface area contributed by atoms with Gasteiger partial charge in [-0.15, -0.1) is 0 Å². The van der Waals surface area contributed by atoms with Crippen molar-refractivity contribution in [1.82, 2.24) is 20.9 Å². The zero-order valence-corrected chi connectivity index (χ0v) is 22.4. The number of rotatable bonds is 18. The zero-order valence-electron chi connectivity index (χ0n) is 22.4. The van der Waals surface area contributed by atoms with Crippen LogP contribution in [0.3, 0.4) is 0 Å². The Morgan fingerprint density at radius 2 is 1.46 bits per heavy atom. The number of primary amides is 1. The molecule has 41 heavy (non-hydrogen) atoms. The second-order valence-electron chi connectivity index (χ2n) is 9.58. The molecule has 4 amide bonds. The number of para-hydroxylation sites is 1. The number of unbranched alkanes of at least 4 members (excludes halogenated alkanes) is 1. The Labute approximate surface area is 235 Å². The molecule has 224 valence electrons. The van der Waals surface area contributed by atoms with Crippen LogP contribution in [0.5, 0.6) is 0 Å². The summed E-state index contributed by atoms with van der Waals surface area (Å²) in [6, 6.07) is 2.06. The minimum absolute atomic E-state index is 0.0464. The van der Waals surface area contributed by atoms with E-state index in [0.29, 0.717) is 19.4 Å². The van der Waals surface area contributed by atoms with E-state index in [1.165, 1.54) is 0 Å². The van der Waals surface area contributed by atoms with E-state index in [1.807, 2.05) is 24.3 Å². The molecule has 1 heterocycles. The molecular weight excluding hydrogens is 538 g/mol. The van der Waals surface area contributed by atoms with E-state index in [9.17, 15) is 33.9 Å². The van der Waals surface area contributed by atoms with Crippen molar-refractivity contribution in [3.05, 3.63) is 36.0 Å². The SMILES string of the molecule is NCCCCC(NC(=O)C(CCC(N)=O)NC(=O)C(N)Cc1c[nH]c2ccccc12)C(=O)NC(CC(=O)O)C(=O)O. The second-order valence-corrected chi connectivity index (χ2v) is 9.58. The average Bonchev–Trinajstić information content (AvgIpc) is 3.32. The lowest BCUT2D eigenvalue weighted by molar-refractivity contribution is -0.147. The first-order valence-electron chi connectivity index (χ1n) is 13.1. The smallest absolute Gasteiger partial charge is 0.326 e.